The van der Waals surface area contributed by atoms with E-state index in [1.807, 2.05) is 4.90 Å². The zero-order chi connectivity index (χ0) is 17.5. The summed E-state index contributed by atoms with van der Waals surface area (Å²) in [5.41, 5.74) is 0. The summed E-state index contributed by atoms with van der Waals surface area (Å²) in [5.74, 6) is -1.07. The van der Waals surface area contributed by atoms with Crippen LogP contribution in [0.1, 0.15) is 58.8 Å². The molecule has 0 fully saturated rings. The summed E-state index contributed by atoms with van der Waals surface area (Å²) in [5, 5.41) is 33.6. The summed E-state index contributed by atoms with van der Waals surface area (Å²) >= 11 is 0. The van der Waals surface area contributed by atoms with Gasteiger partial charge in [0.05, 0.1) is 12.2 Å². The van der Waals surface area contributed by atoms with Crippen molar-refractivity contribution in [3.63, 3.8) is 0 Å². The SMILES string of the molecule is CCCCC(O)CNCCN(CCC(=O)[O-])CC(O)CCCC.[Na+]. The molecule has 0 amide bonds. The molecule has 0 spiro atoms. The van der Waals surface area contributed by atoms with Gasteiger partial charge in [0.2, 0.25) is 0 Å². The van der Waals surface area contributed by atoms with Crippen LogP contribution in [0, 0.1) is 0 Å². The fraction of sp³-hybridized carbons (Fsp3) is 0.941. The Morgan fingerprint density at radius 2 is 1.67 bits per heavy atom. The van der Waals surface area contributed by atoms with E-state index in [-0.39, 0.29) is 42.1 Å². The van der Waals surface area contributed by atoms with Gasteiger partial charge in [-0.1, -0.05) is 39.5 Å². The third-order valence-corrected chi connectivity index (χ3v) is 3.87. The number of aliphatic carboxylic acids is 1. The molecule has 0 rings (SSSR count). The second-order valence-electron chi connectivity index (χ2n) is 6.22. The van der Waals surface area contributed by atoms with Crippen LogP contribution in [0.15, 0.2) is 0 Å². The quantitative estimate of drug-likeness (QED) is 0.204. The van der Waals surface area contributed by atoms with Gasteiger partial charge in [0.25, 0.3) is 0 Å². The van der Waals surface area contributed by atoms with Crippen molar-refractivity contribution in [1.82, 2.24) is 10.2 Å². The van der Waals surface area contributed by atoms with Crippen LogP contribution in [0.3, 0.4) is 0 Å². The number of carbonyl (C=O) groups is 1. The van der Waals surface area contributed by atoms with Crippen molar-refractivity contribution in [2.75, 3.05) is 32.7 Å². The van der Waals surface area contributed by atoms with E-state index in [9.17, 15) is 20.1 Å². The number of carboxylic acids is 1. The van der Waals surface area contributed by atoms with Gasteiger partial charge in [-0.3, -0.25) is 4.90 Å². The van der Waals surface area contributed by atoms with Crippen molar-refractivity contribution in [3.05, 3.63) is 0 Å². The number of carbonyl (C=O) groups excluding carboxylic acids is 1. The number of nitrogens with one attached hydrogen (secondary N) is 1. The number of aliphatic hydroxyl groups is 2. The molecule has 7 heteroatoms. The third-order valence-electron chi connectivity index (χ3n) is 3.87. The van der Waals surface area contributed by atoms with Gasteiger partial charge in [-0.05, 0) is 19.3 Å². The number of nitrogens with zero attached hydrogens (tertiary/aromatic N) is 1. The first kappa shape index (κ1) is 26.5. The first-order valence-electron chi connectivity index (χ1n) is 8.98. The predicted octanol–water partition coefficient (Wildman–Crippen LogP) is -2.88. The van der Waals surface area contributed by atoms with Crippen LogP contribution >= 0.6 is 0 Å². The van der Waals surface area contributed by atoms with Crippen LogP contribution in [0.5, 0.6) is 0 Å². The second kappa shape index (κ2) is 18.1. The molecule has 0 saturated carbocycles. The molecule has 0 aliphatic heterocycles. The van der Waals surface area contributed by atoms with E-state index in [1.165, 1.54) is 0 Å². The molecule has 0 saturated heterocycles. The van der Waals surface area contributed by atoms with Crippen molar-refractivity contribution in [3.8, 4) is 0 Å². The molecule has 2 atom stereocenters. The third kappa shape index (κ3) is 17.1. The topological polar surface area (TPSA) is 95.9 Å². The Hall–Kier alpha value is 0.310. The molecule has 3 N–H and O–H groups in total. The standard InChI is InChI=1S/C17H36N2O4.Na/c1-3-5-7-15(20)13-18-10-12-19(11-9-17(22)23)14-16(21)8-6-4-2;/h15-16,18,20-21H,3-14H2,1-2H3,(H,22,23);/q;+1/p-1. The minimum atomic E-state index is -1.07. The van der Waals surface area contributed by atoms with Gasteiger partial charge in [-0.25, -0.2) is 0 Å². The van der Waals surface area contributed by atoms with Gasteiger partial charge in [0.1, 0.15) is 0 Å². The Kier molecular flexibility index (Phi) is 20.0. The van der Waals surface area contributed by atoms with E-state index >= 15 is 0 Å². The summed E-state index contributed by atoms with van der Waals surface area (Å²) in [6.07, 6.45) is 4.85. The van der Waals surface area contributed by atoms with E-state index in [1.54, 1.807) is 0 Å². The van der Waals surface area contributed by atoms with Crippen LogP contribution in [0.4, 0.5) is 0 Å². The Morgan fingerprint density at radius 3 is 2.21 bits per heavy atom. The summed E-state index contributed by atoms with van der Waals surface area (Å²) in [6, 6.07) is 0. The van der Waals surface area contributed by atoms with Crippen molar-refractivity contribution in [2.45, 2.75) is 71.0 Å². The first-order valence-corrected chi connectivity index (χ1v) is 8.98. The number of carboxylic acid groups (broad SMARTS) is 1. The molecular formula is C17H35N2NaO4. The number of hydrogen-bond acceptors (Lipinski definition) is 6. The number of aliphatic hydroxyl groups excluding tert-OH is 2. The Bertz CT molecular complexity index is 296. The van der Waals surface area contributed by atoms with E-state index in [0.29, 0.717) is 32.7 Å². The molecule has 2 unspecified atom stereocenters. The zero-order valence-corrected chi connectivity index (χ0v) is 17.8. The molecular weight excluding hydrogens is 319 g/mol. The maximum absolute atomic E-state index is 10.6. The molecule has 0 aliphatic rings. The fourth-order valence-corrected chi connectivity index (χ4v) is 2.42. The summed E-state index contributed by atoms with van der Waals surface area (Å²) in [7, 11) is 0. The summed E-state index contributed by atoms with van der Waals surface area (Å²) < 4.78 is 0. The van der Waals surface area contributed by atoms with Crippen molar-refractivity contribution < 1.29 is 49.7 Å². The molecule has 24 heavy (non-hydrogen) atoms. The normalized spacial score (nSPS) is 13.5. The molecule has 0 heterocycles. The minimum Gasteiger partial charge on any atom is -0.550 e. The van der Waals surface area contributed by atoms with Gasteiger partial charge >= 0.3 is 29.6 Å². The smallest absolute Gasteiger partial charge is 0.550 e. The average Bonchev–Trinajstić information content (AvgIpc) is 2.52. The number of hydrogen-bond donors (Lipinski definition) is 3. The van der Waals surface area contributed by atoms with Crippen molar-refractivity contribution in [1.29, 1.82) is 0 Å². The van der Waals surface area contributed by atoms with Crippen LogP contribution in [-0.2, 0) is 4.79 Å². The molecule has 0 bridgehead atoms. The van der Waals surface area contributed by atoms with Crippen molar-refractivity contribution >= 4 is 5.97 Å². The zero-order valence-electron chi connectivity index (χ0n) is 15.8. The molecule has 0 aromatic rings. The monoisotopic (exact) mass is 354 g/mol. The Balaban J connectivity index is 0. The first-order chi connectivity index (χ1) is 11.0. The van der Waals surface area contributed by atoms with Gasteiger partial charge in [-0.2, -0.15) is 0 Å². The van der Waals surface area contributed by atoms with E-state index in [2.05, 4.69) is 19.2 Å². The average molecular weight is 354 g/mol. The maximum atomic E-state index is 10.6. The van der Waals surface area contributed by atoms with Crippen molar-refractivity contribution in [2.24, 2.45) is 0 Å². The molecule has 138 valence electrons. The maximum Gasteiger partial charge on any atom is 1.00 e. The minimum absolute atomic E-state index is 0. The Labute approximate surface area is 169 Å². The van der Waals surface area contributed by atoms with E-state index in [0.717, 1.165) is 38.5 Å². The predicted molar refractivity (Wildman–Crippen MR) is 90.0 cm³/mol. The summed E-state index contributed by atoms with van der Waals surface area (Å²) in [4.78, 5) is 12.6. The second-order valence-corrected chi connectivity index (χ2v) is 6.22. The van der Waals surface area contributed by atoms with Crippen LogP contribution in [0.2, 0.25) is 0 Å². The van der Waals surface area contributed by atoms with Crippen LogP contribution < -0.4 is 40.0 Å². The molecule has 0 aromatic carbocycles. The van der Waals surface area contributed by atoms with E-state index < -0.39 is 12.1 Å². The van der Waals surface area contributed by atoms with Gasteiger partial charge in [0.15, 0.2) is 0 Å². The fourth-order valence-electron chi connectivity index (χ4n) is 2.42. The van der Waals surface area contributed by atoms with Crippen LogP contribution in [-0.4, -0.2) is 66.0 Å². The number of rotatable bonds is 16. The molecule has 0 radical (unpaired) electrons. The molecule has 6 nitrogen and oxygen atoms in total. The van der Waals surface area contributed by atoms with E-state index in [4.69, 9.17) is 0 Å². The van der Waals surface area contributed by atoms with Gasteiger partial charge in [-0.15, -0.1) is 0 Å². The Morgan fingerprint density at radius 1 is 1.08 bits per heavy atom. The number of unbranched alkanes of at least 4 members (excludes halogenated alkanes) is 2. The molecule has 0 aromatic heterocycles. The van der Waals surface area contributed by atoms with Gasteiger partial charge < -0.3 is 25.4 Å². The van der Waals surface area contributed by atoms with Gasteiger partial charge in [0, 0.05) is 38.7 Å². The largest absolute Gasteiger partial charge is 1.00 e. The molecule has 0 aliphatic carbocycles. The van der Waals surface area contributed by atoms with Crippen LogP contribution in [0.25, 0.3) is 0 Å². The summed E-state index contributed by atoms with van der Waals surface area (Å²) in [6.45, 7) is 6.90.